The van der Waals surface area contributed by atoms with Crippen molar-refractivity contribution in [2.24, 2.45) is 0 Å². The van der Waals surface area contributed by atoms with Crippen LogP contribution in [0.15, 0.2) is 10.9 Å². The number of aliphatic hydroxyl groups is 1. The fraction of sp³-hybridized carbons (Fsp3) is 0.538. The summed E-state index contributed by atoms with van der Waals surface area (Å²) in [5, 5.41) is 28.6. The summed E-state index contributed by atoms with van der Waals surface area (Å²) in [7, 11) is 3.48. The van der Waals surface area contributed by atoms with Gasteiger partial charge in [-0.15, -0.1) is 0 Å². The standard InChI is InChI=1S/C13H20N2O5/c1-4-9(13(19)20)15-8(7-16)5-11(17)12(18)10(15)6-14(2)3/h5,9,16,18H,4,6-7H2,1-3H3,(H,19,20). The summed E-state index contributed by atoms with van der Waals surface area (Å²) in [5.74, 6) is -1.55. The van der Waals surface area contributed by atoms with Crippen molar-refractivity contribution in [3.63, 3.8) is 0 Å². The molecule has 7 heteroatoms. The molecule has 0 saturated heterocycles. The first kappa shape index (κ1) is 16.2. The Balaban J connectivity index is 3.63. The number of hydrogen-bond acceptors (Lipinski definition) is 5. The molecule has 0 radical (unpaired) electrons. The molecule has 20 heavy (non-hydrogen) atoms. The second-order valence-electron chi connectivity index (χ2n) is 4.82. The molecule has 0 fully saturated rings. The van der Waals surface area contributed by atoms with Crippen LogP contribution >= 0.6 is 0 Å². The van der Waals surface area contributed by atoms with Gasteiger partial charge in [0.05, 0.1) is 12.3 Å². The Hall–Kier alpha value is -1.86. The molecule has 0 spiro atoms. The molecule has 1 rings (SSSR count). The van der Waals surface area contributed by atoms with Crippen molar-refractivity contribution in [2.45, 2.75) is 32.5 Å². The van der Waals surface area contributed by atoms with Crippen LogP contribution in [0, 0.1) is 0 Å². The topological polar surface area (TPSA) is 103 Å². The number of rotatable bonds is 6. The van der Waals surface area contributed by atoms with Gasteiger partial charge in [0.1, 0.15) is 6.04 Å². The third-order valence-electron chi connectivity index (χ3n) is 3.02. The Morgan fingerprint density at radius 1 is 1.45 bits per heavy atom. The maximum absolute atomic E-state index is 11.7. The van der Waals surface area contributed by atoms with Crippen LogP contribution in [-0.2, 0) is 17.9 Å². The van der Waals surface area contributed by atoms with Gasteiger partial charge >= 0.3 is 5.97 Å². The number of nitrogens with zero attached hydrogens (tertiary/aromatic N) is 2. The van der Waals surface area contributed by atoms with Gasteiger partial charge in [0.15, 0.2) is 5.75 Å². The van der Waals surface area contributed by atoms with Crippen LogP contribution in [0.1, 0.15) is 30.8 Å². The maximum Gasteiger partial charge on any atom is 0.326 e. The van der Waals surface area contributed by atoms with Gasteiger partial charge < -0.3 is 24.8 Å². The molecule has 3 N–H and O–H groups in total. The molecule has 112 valence electrons. The van der Waals surface area contributed by atoms with E-state index < -0.39 is 29.8 Å². The second kappa shape index (κ2) is 6.53. The van der Waals surface area contributed by atoms with Gasteiger partial charge in [0.2, 0.25) is 5.43 Å². The van der Waals surface area contributed by atoms with Gasteiger partial charge in [-0.3, -0.25) is 4.79 Å². The number of aromatic hydroxyl groups is 1. The van der Waals surface area contributed by atoms with Crippen molar-refractivity contribution in [2.75, 3.05) is 14.1 Å². The SMILES string of the molecule is CCC(C(=O)O)n1c(CO)cc(=O)c(O)c1CN(C)C. The number of aliphatic hydroxyl groups excluding tert-OH is 1. The Morgan fingerprint density at radius 3 is 2.45 bits per heavy atom. The van der Waals surface area contributed by atoms with E-state index in [1.807, 2.05) is 0 Å². The molecule has 1 heterocycles. The zero-order chi connectivity index (χ0) is 15.4. The Kier molecular flexibility index (Phi) is 5.29. The van der Waals surface area contributed by atoms with Crippen LogP contribution in [0.2, 0.25) is 0 Å². The zero-order valence-corrected chi connectivity index (χ0v) is 11.8. The van der Waals surface area contributed by atoms with Gasteiger partial charge in [-0.25, -0.2) is 4.79 Å². The Bertz CT molecular complexity index is 550. The van der Waals surface area contributed by atoms with Gasteiger partial charge in [-0.2, -0.15) is 0 Å². The Labute approximate surface area is 116 Å². The third kappa shape index (κ3) is 3.17. The lowest BCUT2D eigenvalue weighted by Gasteiger charge is -2.25. The predicted octanol–water partition coefficient (Wildman–Crippen LogP) is 0.143. The van der Waals surface area contributed by atoms with Crippen molar-refractivity contribution >= 4 is 5.97 Å². The summed E-state index contributed by atoms with van der Waals surface area (Å²) in [5.41, 5.74) is -0.248. The van der Waals surface area contributed by atoms with E-state index in [-0.39, 0.29) is 24.4 Å². The van der Waals surface area contributed by atoms with Crippen LogP contribution in [0.25, 0.3) is 0 Å². The molecule has 1 aromatic heterocycles. The molecule has 0 aromatic carbocycles. The van der Waals surface area contributed by atoms with Crippen molar-refractivity contribution in [3.05, 3.63) is 27.7 Å². The quantitative estimate of drug-likeness (QED) is 0.687. The minimum absolute atomic E-state index is 0.180. The summed E-state index contributed by atoms with van der Waals surface area (Å²) in [6, 6.07) is 0.124. The summed E-state index contributed by atoms with van der Waals surface area (Å²) in [6.07, 6.45) is 0.269. The van der Waals surface area contributed by atoms with E-state index in [0.717, 1.165) is 6.07 Å². The summed E-state index contributed by atoms with van der Waals surface area (Å²) < 4.78 is 1.33. The Morgan fingerprint density at radius 2 is 2.05 bits per heavy atom. The van der Waals surface area contributed by atoms with Crippen LogP contribution in [0.3, 0.4) is 0 Å². The van der Waals surface area contributed by atoms with Gasteiger partial charge in [-0.05, 0) is 20.5 Å². The number of hydrogen-bond donors (Lipinski definition) is 3. The van der Waals surface area contributed by atoms with E-state index in [1.165, 1.54) is 4.57 Å². The molecule has 0 amide bonds. The summed E-state index contributed by atoms with van der Waals surface area (Å²) >= 11 is 0. The first-order valence-electron chi connectivity index (χ1n) is 6.28. The number of aromatic nitrogens is 1. The van der Waals surface area contributed by atoms with Crippen molar-refractivity contribution in [1.82, 2.24) is 9.47 Å². The number of pyridine rings is 1. The lowest BCUT2D eigenvalue weighted by atomic mass is 10.1. The molecule has 1 unspecified atom stereocenters. The van der Waals surface area contributed by atoms with E-state index >= 15 is 0 Å². The molecular formula is C13H20N2O5. The highest BCUT2D eigenvalue weighted by molar-refractivity contribution is 5.72. The molecule has 0 saturated carbocycles. The first-order valence-corrected chi connectivity index (χ1v) is 6.28. The lowest BCUT2D eigenvalue weighted by Crippen LogP contribution is -2.29. The zero-order valence-electron chi connectivity index (χ0n) is 11.8. The van der Waals surface area contributed by atoms with E-state index in [9.17, 15) is 24.9 Å². The minimum atomic E-state index is -1.08. The van der Waals surface area contributed by atoms with Gasteiger partial charge in [0.25, 0.3) is 0 Å². The molecule has 0 aliphatic heterocycles. The van der Waals surface area contributed by atoms with Crippen LogP contribution in [-0.4, -0.2) is 44.9 Å². The third-order valence-corrected chi connectivity index (χ3v) is 3.02. The molecular weight excluding hydrogens is 264 g/mol. The minimum Gasteiger partial charge on any atom is -0.503 e. The van der Waals surface area contributed by atoms with Crippen LogP contribution < -0.4 is 5.43 Å². The number of aliphatic carboxylic acids is 1. The molecule has 7 nitrogen and oxygen atoms in total. The van der Waals surface area contributed by atoms with E-state index in [2.05, 4.69) is 0 Å². The first-order chi connectivity index (χ1) is 9.33. The van der Waals surface area contributed by atoms with Crippen molar-refractivity contribution in [3.8, 4) is 5.75 Å². The fourth-order valence-corrected chi connectivity index (χ4v) is 2.15. The lowest BCUT2D eigenvalue weighted by molar-refractivity contribution is -0.141. The fourth-order valence-electron chi connectivity index (χ4n) is 2.15. The summed E-state index contributed by atoms with van der Waals surface area (Å²) in [4.78, 5) is 24.8. The predicted molar refractivity (Wildman–Crippen MR) is 72.6 cm³/mol. The molecule has 0 aliphatic carbocycles. The van der Waals surface area contributed by atoms with E-state index in [1.54, 1.807) is 25.9 Å². The maximum atomic E-state index is 11.7. The van der Waals surface area contributed by atoms with Gasteiger partial charge in [0, 0.05) is 18.3 Å². The second-order valence-corrected chi connectivity index (χ2v) is 4.82. The van der Waals surface area contributed by atoms with E-state index in [4.69, 9.17) is 0 Å². The highest BCUT2D eigenvalue weighted by atomic mass is 16.4. The number of carboxylic acids is 1. The largest absolute Gasteiger partial charge is 0.503 e. The van der Waals surface area contributed by atoms with Crippen molar-refractivity contribution in [1.29, 1.82) is 0 Å². The van der Waals surface area contributed by atoms with Gasteiger partial charge in [-0.1, -0.05) is 6.92 Å². The highest BCUT2D eigenvalue weighted by Crippen LogP contribution is 2.23. The smallest absolute Gasteiger partial charge is 0.326 e. The molecule has 1 atom stereocenters. The number of carboxylic acid groups (broad SMARTS) is 1. The average molecular weight is 284 g/mol. The highest BCUT2D eigenvalue weighted by Gasteiger charge is 2.25. The van der Waals surface area contributed by atoms with E-state index in [0.29, 0.717) is 0 Å². The molecule has 0 bridgehead atoms. The van der Waals surface area contributed by atoms with Crippen LogP contribution in [0.4, 0.5) is 0 Å². The average Bonchev–Trinajstić information content (AvgIpc) is 2.37. The summed E-state index contributed by atoms with van der Waals surface area (Å²) in [6.45, 7) is 1.41. The molecule has 1 aromatic rings. The normalized spacial score (nSPS) is 12.7. The van der Waals surface area contributed by atoms with Crippen LogP contribution in [0.5, 0.6) is 5.75 Å². The monoisotopic (exact) mass is 284 g/mol. The number of carbonyl (C=O) groups is 1. The molecule has 0 aliphatic rings. The van der Waals surface area contributed by atoms with Crippen molar-refractivity contribution < 1.29 is 20.1 Å².